The van der Waals surface area contributed by atoms with Crippen molar-refractivity contribution in [3.05, 3.63) is 0 Å². The molecule has 0 aromatic carbocycles. The van der Waals surface area contributed by atoms with E-state index in [4.69, 9.17) is 0 Å². The first kappa shape index (κ1) is 15.5. The third-order valence-electron chi connectivity index (χ3n) is 3.88. The Bertz CT molecular complexity index is 243. The van der Waals surface area contributed by atoms with Crippen LogP contribution in [0.5, 0.6) is 0 Å². The molecule has 0 spiro atoms. The summed E-state index contributed by atoms with van der Waals surface area (Å²) in [6.45, 7) is 7.55. The van der Waals surface area contributed by atoms with E-state index in [0.717, 1.165) is 38.6 Å². The Morgan fingerprint density at radius 2 is 2.11 bits per heavy atom. The van der Waals surface area contributed by atoms with Crippen molar-refractivity contribution in [1.82, 2.24) is 10.6 Å². The predicted octanol–water partition coefficient (Wildman–Crippen LogP) is 2.85. The molecular weight excluding hydrogens is 224 g/mol. The molecule has 18 heavy (non-hydrogen) atoms. The van der Waals surface area contributed by atoms with Gasteiger partial charge in [0.2, 0.25) is 5.91 Å². The number of nitrogens with one attached hydrogen (secondary N) is 2. The van der Waals surface area contributed by atoms with Gasteiger partial charge in [-0.2, -0.15) is 0 Å². The Morgan fingerprint density at radius 1 is 1.33 bits per heavy atom. The molecule has 1 unspecified atom stereocenters. The molecule has 2 N–H and O–H groups in total. The number of amides is 1. The second kappa shape index (κ2) is 8.52. The zero-order valence-electron chi connectivity index (χ0n) is 12.3. The van der Waals surface area contributed by atoms with Gasteiger partial charge in [0.05, 0.1) is 0 Å². The second-order valence-corrected chi connectivity index (χ2v) is 5.71. The Kier molecular flexibility index (Phi) is 7.33. The Hall–Kier alpha value is -0.570. The van der Waals surface area contributed by atoms with Crippen LogP contribution in [0.15, 0.2) is 0 Å². The van der Waals surface area contributed by atoms with Crippen LogP contribution in [0, 0.1) is 5.92 Å². The topological polar surface area (TPSA) is 41.1 Å². The third-order valence-corrected chi connectivity index (χ3v) is 3.88. The Labute approximate surface area is 112 Å². The minimum absolute atomic E-state index is 0.224. The van der Waals surface area contributed by atoms with Gasteiger partial charge in [0, 0.05) is 18.0 Å². The molecule has 3 heteroatoms. The maximum absolute atomic E-state index is 12.3. The van der Waals surface area contributed by atoms with E-state index in [1.54, 1.807) is 0 Å². The van der Waals surface area contributed by atoms with Crippen molar-refractivity contribution in [3.8, 4) is 0 Å². The van der Waals surface area contributed by atoms with Crippen LogP contribution in [-0.2, 0) is 4.79 Å². The maximum atomic E-state index is 12.3. The lowest BCUT2D eigenvalue weighted by Gasteiger charge is -2.29. The van der Waals surface area contributed by atoms with Crippen LogP contribution in [-0.4, -0.2) is 24.5 Å². The van der Waals surface area contributed by atoms with E-state index in [1.165, 1.54) is 12.8 Å². The van der Waals surface area contributed by atoms with Crippen molar-refractivity contribution in [1.29, 1.82) is 0 Å². The number of hydrogen-bond donors (Lipinski definition) is 2. The van der Waals surface area contributed by atoms with E-state index in [2.05, 4.69) is 31.4 Å². The van der Waals surface area contributed by atoms with Gasteiger partial charge in [-0.05, 0) is 39.2 Å². The van der Waals surface area contributed by atoms with Crippen molar-refractivity contribution in [2.75, 3.05) is 6.54 Å². The van der Waals surface area contributed by atoms with Gasteiger partial charge in [-0.3, -0.25) is 4.79 Å². The van der Waals surface area contributed by atoms with Crippen LogP contribution < -0.4 is 10.6 Å². The number of unbranched alkanes of at least 4 members (excludes halogenated alkanes) is 1. The minimum Gasteiger partial charge on any atom is -0.353 e. The van der Waals surface area contributed by atoms with Gasteiger partial charge in [-0.15, -0.1) is 0 Å². The molecule has 0 saturated carbocycles. The van der Waals surface area contributed by atoms with Crippen LogP contribution in [0.2, 0.25) is 0 Å². The van der Waals surface area contributed by atoms with Gasteiger partial charge < -0.3 is 10.6 Å². The first-order valence-corrected chi connectivity index (χ1v) is 7.71. The van der Waals surface area contributed by atoms with E-state index >= 15 is 0 Å². The van der Waals surface area contributed by atoms with Crippen LogP contribution in [0.3, 0.4) is 0 Å². The van der Waals surface area contributed by atoms with Crippen LogP contribution in [0.1, 0.15) is 65.7 Å². The predicted molar refractivity (Wildman–Crippen MR) is 76.6 cm³/mol. The van der Waals surface area contributed by atoms with Gasteiger partial charge in [0.25, 0.3) is 0 Å². The highest BCUT2D eigenvalue weighted by atomic mass is 16.1. The van der Waals surface area contributed by atoms with Gasteiger partial charge in [-0.1, -0.05) is 33.1 Å². The van der Waals surface area contributed by atoms with E-state index in [0.29, 0.717) is 12.1 Å². The quantitative estimate of drug-likeness (QED) is 0.733. The molecule has 1 fully saturated rings. The average Bonchev–Trinajstić information content (AvgIpc) is 2.36. The van der Waals surface area contributed by atoms with Crippen molar-refractivity contribution >= 4 is 5.91 Å². The summed E-state index contributed by atoms with van der Waals surface area (Å²) in [5.41, 5.74) is 0. The molecule has 3 atom stereocenters. The number of piperidine rings is 1. The molecule has 1 saturated heterocycles. The first-order chi connectivity index (χ1) is 8.67. The van der Waals surface area contributed by atoms with E-state index in [-0.39, 0.29) is 11.8 Å². The summed E-state index contributed by atoms with van der Waals surface area (Å²) in [7, 11) is 0. The standard InChI is InChI=1S/C15H30N2O/c1-4-6-8-14(7-5-2)17-15(18)13-9-10-16-12(3)11-13/h12-14,16H,4-11H2,1-3H3,(H,17,18)/t12-,13-,14?/m0/s1. The molecule has 1 aliphatic heterocycles. The second-order valence-electron chi connectivity index (χ2n) is 5.71. The van der Waals surface area contributed by atoms with Crippen molar-refractivity contribution in [2.45, 2.75) is 77.8 Å². The highest BCUT2D eigenvalue weighted by molar-refractivity contribution is 5.79. The highest BCUT2D eigenvalue weighted by Gasteiger charge is 2.25. The molecule has 0 radical (unpaired) electrons. The van der Waals surface area contributed by atoms with Gasteiger partial charge in [0.15, 0.2) is 0 Å². The fraction of sp³-hybridized carbons (Fsp3) is 0.933. The highest BCUT2D eigenvalue weighted by Crippen LogP contribution is 2.17. The summed E-state index contributed by atoms with van der Waals surface area (Å²) in [5.74, 6) is 0.514. The molecule has 0 aliphatic carbocycles. The summed E-state index contributed by atoms with van der Waals surface area (Å²) >= 11 is 0. The molecule has 0 bridgehead atoms. The molecule has 1 heterocycles. The van der Waals surface area contributed by atoms with Crippen molar-refractivity contribution < 1.29 is 4.79 Å². The van der Waals surface area contributed by atoms with Crippen molar-refractivity contribution in [3.63, 3.8) is 0 Å². The van der Waals surface area contributed by atoms with Gasteiger partial charge >= 0.3 is 0 Å². The fourth-order valence-electron chi connectivity index (χ4n) is 2.78. The number of carbonyl (C=O) groups excluding carboxylic acids is 1. The third kappa shape index (κ3) is 5.38. The van der Waals surface area contributed by atoms with E-state index in [1.807, 2.05) is 0 Å². The first-order valence-electron chi connectivity index (χ1n) is 7.71. The number of carbonyl (C=O) groups is 1. The summed E-state index contributed by atoms with van der Waals surface area (Å²) in [5, 5.41) is 6.68. The largest absolute Gasteiger partial charge is 0.353 e. The maximum Gasteiger partial charge on any atom is 0.223 e. The van der Waals surface area contributed by atoms with Crippen LogP contribution >= 0.6 is 0 Å². The molecule has 1 amide bonds. The number of hydrogen-bond acceptors (Lipinski definition) is 2. The van der Waals surface area contributed by atoms with Gasteiger partial charge in [-0.25, -0.2) is 0 Å². The normalized spacial score (nSPS) is 25.7. The van der Waals surface area contributed by atoms with Crippen molar-refractivity contribution in [2.24, 2.45) is 5.92 Å². The SMILES string of the molecule is CCCCC(CCC)NC(=O)[C@H]1CCN[C@@H](C)C1. The van der Waals surface area contributed by atoms with E-state index in [9.17, 15) is 4.79 Å². The summed E-state index contributed by atoms with van der Waals surface area (Å²) in [4.78, 5) is 12.3. The number of rotatable bonds is 7. The Morgan fingerprint density at radius 3 is 2.72 bits per heavy atom. The molecule has 0 aromatic rings. The zero-order chi connectivity index (χ0) is 13.4. The molecular formula is C15H30N2O. The molecule has 1 aliphatic rings. The molecule has 1 rings (SSSR count). The lowest BCUT2D eigenvalue weighted by molar-refractivity contribution is -0.126. The van der Waals surface area contributed by atoms with E-state index < -0.39 is 0 Å². The van der Waals surface area contributed by atoms with Crippen LogP contribution in [0.4, 0.5) is 0 Å². The summed E-state index contributed by atoms with van der Waals surface area (Å²) in [6.07, 6.45) is 7.80. The smallest absolute Gasteiger partial charge is 0.223 e. The minimum atomic E-state index is 0.224. The average molecular weight is 254 g/mol. The summed E-state index contributed by atoms with van der Waals surface area (Å²) in [6, 6.07) is 0.877. The molecule has 0 aromatic heterocycles. The monoisotopic (exact) mass is 254 g/mol. The summed E-state index contributed by atoms with van der Waals surface area (Å²) < 4.78 is 0. The molecule has 106 valence electrons. The van der Waals surface area contributed by atoms with Gasteiger partial charge in [0.1, 0.15) is 0 Å². The van der Waals surface area contributed by atoms with Crippen LogP contribution in [0.25, 0.3) is 0 Å². The zero-order valence-corrected chi connectivity index (χ0v) is 12.3. The molecule has 3 nitrogen and oxygen atoms in total. The lowest BCUT2D eigenvalue weighted by Crippen LogP contribution is -2.45. The Balaban J connectivity index is 2.38. The fourth-order valence-corrected chi connectivity index (χ4v) is 2.78. The lowest BCUT2D eigenvalue weighted by atomic mass is 9.92.